The fourth-order valence-electron chi connectivity index (χ4n) is 6.75. The van der Waals surface area contributed by atoms with Crippen molar-refractivity contribution in [2.45, 2.75) is 88.7 Å². The molecule has 2 bridgehead atoms. The first-order chi connectivity index (χ1) is 18.6. The van der Waals surface area contributed by atoms with Gasteiger partial charge in [0.05, 0.1) is 36.7 Å². The van der Waals surface area contributed by atoms with Gasteiger partial charge in [0.25, 0.3) is 0 Å². The summed E-state index contributed by atoms with van der Waals surface area (Å²) in [5.41, 5.74) is 8.67. The van der Waals surface area contributed by atoms with Gasteiger partial charge in [-0.1, -0.05) is 6.42 Å². The van der Waals surface area contributed by atoms with E-state index in [1.807, 2.05) is 0 Å². The van der Waals surface area contributed by atoms with E-state index in [1.54, 1.807) is 0 Å². The average Bonchev–Trinajstić information content (AvgIpc) is 3.32. The van der Waals surface area contributed by atoms with Gasteiger partial charge < -0.3 is 15.4 Å². The van der Waals surface area contributed by atoms with Crippen LogP contribution in [-0.2, 0) is 11.3 Å². The molecular weight excluding hydrogens is 478 g/mol. The monoisotopic (exact) mass is 519 g/mol. The van der Waals surface area contributed by atoms with Gasteiger partial charge in [-0.25, -0.2) is 10.4 Å². The molecule has 0 spiro atoms. The summed E-state index contributed by atoms with van der Waals surface area (Å²) < 4.78 is 5.52. The summed E-state index contributed by atoms with van der Waals surface area (Å²) in [6, 6.07) is 10.7. The normalized spacial score (nSPS) is 30.3. The van der Waals surface area contributed by atoms with Crippen LogP contribution < -0.4 is 21.5 Å². The number of aromatic nitrogens is 2. The molecule has 2 aromatic rings. The summed E-state index contributed by atoms with van der Waals surface area (Å²) in [6.45, 7) is 7.39. The highest BCUT2D eigenvalue weighted by molar-refractivity contribution is 5.91. The molecule has 0 saturated carbocycles. The van der Waals surface area contributed by atoms with Crippen LogP contribution in [0.1, 0.15) is 57.6 Å². The minimum atomic E-state index is 0.127. The Morgan fingerprint density at radius 1 is 1.08 bits per heavy atom. The molecule has 4 N–H and O–H groups in total. The predicted octanol–water partition coefficient (Wildman–Crippen LogP) is 2.80. The molecular formula is C28H41N9O. The molecule has 3 unspecified atom stereocenters. The molecule has 38 heavy (non-hydrogen) atoms. The Labute approximate surface area is 225 Å². The third-order valence-electron chi connectivity index (χ3n) is 8.60. The van der Waals surface area contributed by atoms with E-state index in [0.29, 0.717) is 30.6 Å². The highest BCUT2D eigenvalue weighted by atomic mass is 16.5. The summed E-state index contributed by atoms with van der Waals surface area (Å²) in [4.78, 5) is 15.2. The molecule has 4 saturated heterocycles. The maximum Gasteiger partial charge on any atom is 0.138 e. The van der Waals surface area contributed by atoms with E-state index in [1.165, 1.54) is 19.3 Å². The number of nitriles is 1. The third-order valence-corrected chi connectivity index (χ3v) is 8.60. The van der Waals surface area contributed by atoms with Crippen molar-refractivity contribution < 1.29 is 4.74 Å². The quantitative estimate of drug-likeness (QED) is 0.415. The van der Waals surface area contributed by atoms with Crippen LogP contribution in [0.3, 0.4) is 0 Å². The van der Waals surface area contributed by atoms with Crippen molar-refractivity contribution >= 4 is 22.5 Å². The van der Waals surface area contributed by atoms with Crippen LogP contribution >= 0.6 is 0 Å². The van der Waals surface area contributed by atoms with Crippen LogP contribution in [0.15, 0.2) is 18.2 Å². The van der Waals surface area contributed by atoms with Crippen LogP contribution in [0.2, 0.25) is 0 Å². The first kappa shape index (κ1) is 25.7. The Bertz CT molecular complexity index is 1130. The number of rotatable bonds is 8. The molecule has 0 amide bonds. The van der Waals surface area contributed by atoms with Crippen molar-refractivity contribution in [3.8, 4) is 6.07 Å². The lowest BCUT2D eigenvalue weighted by Gasteiger charge is -2.49. The SMILES string of the molecule is CC1CC(Nc2cc3nc(CN4CCOCC4)ccc3c(NC3C[C@H]4CCC[C@@H](C3)N4CCC#N)n2)NN1. The van der Waals surface area contributed by atoms with E-state index in [9.17, 15) is 0 Å². The first-order valence-corrected chi connectivity index (χ1v) is 14.4. The summed E-state index contributed by atoms with van der Waals surface area (Å²) in [5, 5.41) is 17.6. The number of ether oxygens (including phenoxy) is 1. The summed E-state index contributed by atoms with van der Waals surface area (Å²) in [6.07, 6.45) is 7.66. The number of hydrazine groups is 1. The Kier molecular flexibility index (Phi) is 7.90. The van der Waals surface area contributed by atoms with E-state index in [0.717, 1.165) is 86.9 Å². The third kappa shape index (κ3) is 5.87. The molecule has 0 aromatic carbocycles. The Morgan fingerprint density at radius 2 is 1.89 bits per heavy atom. The zero-order valence-corrected chi connectivity index (χ0v) is 22.5. The fraction of sp³-hybridized carbons (Fsp3) is 0.679. The van der Waals surface area contributed by atoms with Crippen LogP contribution in [0.25, 0.3) is 10.9 Å². The van der Waals surface area contributed by atoms with Crippen molar-refractivity contribution in [1.29, 1.82) is 5.26 Å². The summed E-state index contributed by atoms with van der Waals surface area (Å²) >= 11 is 0. The van der Waals surface area contributed by atoms with Crippen molar-refractivity contribution in [2.24, 2.45) is 0 Å². The van der Waals surface area contributed by atoms with Crippen molar-refractivity contribution in [3.63, 3.8) is 0 Å². The lowest BCUT2D eigenvalue weighted by Crippen LogP contribution is -2.55. The van der Waals surface area contributed by atoms with Gasteiger partial charge in [0.15, 0.2) is 0 Å². The zero-order chi connectivity index (χ0) is 25.9. The second-order valence-electron chi connectivity index (χ2n) is 11.4. The highest BCUT2D eigenvalue weighted by Crippen LogP contribution is 2.36. The molecule has 2 aromatic heterocycles. The largest absolute Gasteiger partial charge is 0.379 e. The number of fused-ring (bicyclic) bond motifs is 3. The van der Waals surface area contributed by atoms with E-state index in [4.69, 9.17) is 20.0 Å². The molecule has 204 valence electrons. The maximum atomic E-state index is 9.14. The first-order valence-electron chi connectivity index (χ1n) is 14.4. The molecule has 4 aliphatic rings. The number of hydrogen-bond acceptors (Lipinski definition) is 10. The molecule has 10 heteroatoms. The van der Waals surface area contributed by atoms with Gasteiger partial charge in [-0.15, -0.1) is 0 Å². The molecule has 4 fully saturated rings. The minimum Gasteiger partial charge on any atom is -0.379 e. The second-order valence-corrected chi connectivity index (χ2v) is 11.4. The fourth-order valence-corrected chi connectivity index (χ4v) is 6.75. The van der Waals surface area contributed by atoms with Gasteiger partial charge in [-0.2, -0.15) is 5.26 Å². The zero-order valence-electron chi connectivity index (χ0n) is 22.5. The van der Waals surface area contributed by atoms with E-state index in [2.05, 4.69) is 62.5 Å². The molecule has 6 heterocycles. The topological polar surface area (TPSA) is 113 Å². The predicted molar refractivity (Wildman–Crippen MR) is 148 cm³/mol. The smallest absolute Gasteiger partial charge is 0.138 e. The van der Waals surface area contributed by atoms with Gasteiger partial charge in [0, 0.05) is 68.2 Å². The summed E-state index contributed by atoms with van der Waals surface area (Å²) in [7, 11) is 0. The lowest BCUT2D eigenvalue weighted by molar-refractivity contribution is 0.0337. The minimum absolute atomic E-state index is 0.127. The molecule has 10 nitrogen and oxygen atoms in total. The molecule has 6 rings (SSSR count). The number of pyridine rings is 2. The Balaban J connectivity index is 1.24. The molecule has 0 radical (unpaired) electrons. The number of morpholine rings is 1. The van der Waals surface area contributed by atoms with Gasteiger partial charge >= 0.3 is 0 Å². The second kappa shape index (κ2) is 11.7. The summed E-state index contributed by atoms with van der Waals surface area (Å²) in [5.74, 6) is 1.76. The van der Waals surface area contributed by atoms with Crippen LogP contribution in [0.5, 0.6) is 0 Å². The standard InChI is InChI=1S/C28H41N9O/c1-19-14-27(35-34-19)32-26-17-25-24(7-6-20(30-25)18-36-10-12-38-13-11-36)28(33-26)31-21-15-22-4-2-5-23(16-21)37(22)9-3-8-29/h6-7,17,19,21-23,27,34-35H,2-5,9-16,18H2,1H3,(H2,31,32,33)/t19?,21?,22-,23+,27?. The number of nitrogens with one attached hydrogen (secondary N) is 4. The lowest BCUT2D eigenvalue weighted by atomic mass is 9.81. The number of nitrogens with zero attached hydrogens (tertiary/aromatic N) is 5. The van der Waals surface area contributed by atoms with Gasteiger partial charge in [-0.3, -0.25) is 20.2 Å². The Morgan fingerprint density at radius 3 is 2.63 bits per heavy atom. The molecule has 0 aliphatic carbocycles. The average molecular weight is 520 g/mol. The van der Waals surface area contributed by atoms with Gasteiger partial charge in [0.1, 0.15) is 11.6 Å². The van der Waals surface area contributed by atoms with Gasteiger partial charge in [-0.05, 0) is 51.2 Å². The number of hydrogen-bond donors (Lipinski definition) is 4. The highest BCUT2D eigenvalue weighted by Gasteiger charge is 2.38. The van der Waals surface area contributed by atoms with Crippen molar-refractivity contribution in [2.75, 3.05) is 43.5 Å². The van der Waals surface area contributed by atoms with Crippen molar-refractivity contribution in [3.05, 3.63) is 23.9 Å². The van der Waals surface area contributed by atoms with Crippen molar-refractivity contribution in [1.82, 2.24) is 30.6 Å². The molecule has 4 aliphatic heterocycles. The van der Waals surface area contributed by atoms with Crippen LogP contribution in [0, 0.1) is 11.3 Å². The van der Waals surface area contributed by atoms with Crippen LogP contribution in [0.4, 0.5) is 11.6 Å². The van der Waals surface area contributed by atoms with Crippen LogP contribution in [-0.4, -0.2) is 82.9 Å². The maximum absolute atomic E-state index is 9.14. The van der Waals surface area contributed by atoms with E-state index >= 15 is 0 Å². The number of piperidine rings is 2. The molecule has 5 atom stereocenters. The van der Waals surface area contributed by atoms with E-state index in [-0.39, 0.29) is 6.17 Å². The van der Waals surface area contributed by atoms with E-state index < -0.39 is 0 Å². The van der Waals surface area contributed by atoms with Gasteiger partial charge in [0.2, 0.25) is 0 Å². The Hall–Kier alpha value is -2.55. The number of anilines is 2.